The molecular formula is C14H9ClN2O. The number of pyridine rings is 1. The van der Waals surface area contributed by atoms with Gasteiger partial charge in [0, 0.05) is 33.9 Å². The zero-order valence-electron chi connectivity index (χ0n) is 9.35. The summed E-state index contributed by atoms with van der Waals surface area (Å²) in [7, 11) is 0. The summed E-state index contributed by atoms with van der Waals surface area (Å²) in [6.07, 6.45) is 4.26. The van der Waals surface area contributed by atoms with Crippen LogP contribution < -0.4 is 0 Å². The molecule has 0 fully saturated rings. The second kappa shape index (κ2) is 4.27. The molecule has 3 nitrogen and oxygen atoms in total. The third-order valence-corrected chi connectivity index (χ3v) is 3.12. The van der Waals surface area contributed by atoms with Crippen molar-refractivity contribution in [1.82, 2.24) is 9.97 Å². The highest BCUT2D eigenvalue weighted by Gasteiger charge is 2.06. The molecule has 18 heavy (non-hydrogen) atoms. The fourth-order valence-electron chi connectivity index (χ4n) is 1.92. The van der Waals surface area contributed by atoms with Gasteiger partial charge in [0.1, 0.15) is 5.65 Å². The molecule has 0 aliphatic heterocycles. The van der Waals surface area contributed by atoms with E-state index in [0.717, 1.165) is 28.4 Å². The predicted octanol–water partition coefficient (Wildman–Crippen LogP) is 3.70. The second-order valence-corrected chi connectivity index (χ2v) is 4.43. The molecule has 1 N–H and O–H groups in total. The molecule has 1 aromatic carbocycles. The van der Waals surface area contributed by atoms with E-state index in [9.17, 15) is 4.79 Å². The van der Waals surface area contributed by atoms with E-state index < -0.39 is 0 Å². The molecule has 0 aliphatic carbocycles. The van der Waals surface area contributed by atoms with Gasteiger partial charge >= 0.3 is 0 Å². The Kier molecular flexibility index (Phi) is 2.61. The van der Waals surface area contributed by atoms with Crippen LogP contribution in [0.1, 0.15) is 10.4 Å². The van der Waals surface area contributed by atoms with Gasteiger partial charge in [-0.25, -0.2) is 4.98 Å². The van der Waals surface area contributed by atoms with Crippen LogP contribution in [0.15, 0.2) is 42.7 Å². The summed E-state index contributed by atoms with van der Waals surface area (Å²) in [6.45, 7) is 0. The second-order valence-electron chi connectivity index (χ2n) is 3.99. The van der Waals surface area contributed by atoms with E-state index in [-0.39, 0.29) is 0 Å². The number of nitrogens with one attached hydrogen (secondary N) is 1. The molecule has 0 radical (unpaired) electrons. The maximum absolute atomic E-state index is 10.9. The number of aromatic nitrogens is 2. The summed E-state index contributed by atoms with van der Waals surface area (Å²) in [5.41, 5.74) is 3.32. The molecule has 2 aromatic heterocycles. The molecule has 0 spiro atoms. The Morgan fingerprint density at radius 2 is 1.94 bits per heavy atom. The number of fused-ring (bicyclic) bond motifs is 1. The maximum Gasteiger partial charge on any atom is 0.152 e. The van der Waals surface area contributed by atoms with Crippen LogP contribution in [0.3, 0.4) is 0 Å². The van der Waals surface area contributed by atoms with Crippen molar-refractivity contribution in [3.05, 3.63) is 53.3 Å². The number of halogens is 1. The van der Waals surface area contributed by atoms with Gasteiger partial charge in [-0.15, -0.1) is 0 Å². The minimum Gasteiger partial charge on any atom is -0.345 e. The van der Waals surface area contributed by atoms with Crippen LogP contribution in [-0.2, 0) is 0 Å². The highest BCUT2D eigenvalue weighted by Crippen LogP contribution is 2.25. The lowest BCUT2D eigenvalue weighted by Gasteiger charge is -2.01. The molecule has 0 bridgehead atoms. The molecule has 4 heteroatoms. The number of nitrogens with zero attached hydrogens (tertiary/aromatic N) is 1. The van der Waals surface area contributed by atoms with Crippen molar-refractivity contribution in [2.24, 2.45) is 0 Å². The third kappa shape index (κ3) is 1.79. The summed E-state index contributed by atoms with van der Waals surface area (Å²) >= 11 is 5.86. The van der Waals surface area contributed by atoms with Crippen molar-refractivity contribution >= 4 is 28.9 Å². The fraction of sp³-hybridized carbons (Fsp3) is 0. The monoisotopic (exact) mass is 256 g/mol. The van der Waals surface area contributed by atoms with Gasteiger partial charge in [-0.2, -0.15) is 0 Å². The first-order chi connectivity index (χ1) is 8.78. The maximum atomic E-state index is 10.9. The number of rotatable bonds is 2. The van der Waals surface area contributed by atoms with E-state index in [2.05, 4.69) is 9.97 Å². The lowest BCUT2D eigenvalue weighted by molar-refractivity contribution is 0.112. The third-order valence-electron chi connectivity index (χ3n) is 2.87. The summed E-state index contributed by atoms with van der Waals surface area (Å²) in [4.78, 5) is 18.2. The van der Waals surface area contributed by atoms with Crippen molar-refractivity contribution in [2.75, 3.05) is 0 Å². The number of aromatic amines is 1. The molecule has 0 saturated heterocycles. The number of carbonyl (C=O) groups excluding carboxylic acids is 1. The minimum absolute atomic E-state index is 0.619. The minimum atomic E-state index is 0.619. The molecule has 2 heterocycles. The zero-order chi connectivity index (χ0) is 12.5. The van der Waals surface area contributed by atoms with E-state index in [1.807, 2.05) is 30.3 Å². The van der Waals surface area contributed by atoms with Crippen LogP contribution in [0.2, 0.25) is 5.02 Å². The first kappa shape index (κ1) is 11.0. The Hall–Kier alpha value is -2.13. The molecule has 0 unspecified atom stereocenters. The molecule has 0 atom stereocenters. The molecule has 3 aromatic rings. The summed E-state index contributed by atoms with van der Waals surface area (Å²) in [5.74, 6) is 0. The van der Waals surface area contributed by atoms with Crippen molar-refractivity contribution in [3.63, 3.8) is 0 Å². The smallest absolute Gasteiger partial charge is 0.152 e. The quantitative estimate of drug-likeness (QED) is 0.711. The van der Waals surface area contributed by atoms with Gasteiger partial charge in [0.25, 0.3) is 0 Å². The summed E-state index contributed by atoms with van der Waals surface area (Å²) < 4.78 is 0. The van der Waals surface area contributed by atoms with E-state index in [1.54, 1.807) is 12.4 Å². The Labute approximate surface area is 108 Å². The number of aldehydes is 1. The lowest BCUT2D eigenvalue weighted by Crippen LogP contribution is -1.83. The zero-order valence-corrected chi connectivity index (χ0v) is 10.1. The van der Waals surface area contributed by atoms with E-state index in [4.69, 9.17) is 11.6 Å². The number of hydrogen-bond acceptors (Lipinski definition) is 2. The molecule has 3 rings (SSSR count). The van der Waals surface area contributed by atoms with Gasteiger partial charge < -0.3 is 4.98 Å². The van der Waals surface area contributed by atoms with Gasteiger partial charge in [0.2, 0.25) is 0 Å². The van der Waals surface area contributed by atoms with Crippen LogP contribution in [0.5, 0.6) is 0 Å². The van der Waals surface area contributed by atoms with E-state index >= 15 is 0 Å². The van der Waals surface area contributed by atoms with E-state index in [0.29, 0.717) is 10.6 Å². The number of carbonyl (C=O) groups is 1. The lowest BCUT2D eigenvalue weighted by atomic mass is 10.1. The molecule has 0 aliphatic rings. The molecule has 0 amide bonds. The average molecular weight is 257 g/mol. The molecular weight excluding hydrogens is 248 g/mol. The topological polar surface area (TPSA) is 45.8 Å². The van der Waals surface area contributed by atoms with Gasteiger partial charge in [0.05, 0.1) is 0 Å². The van der Waals surface area contributed by atoms with Crippen LogP contribution in [0.25, 0.3) is 22.2 Å². The Bertz CT molecular complexity index is 716. The largest absolute Gasteiger partial charge is 0.345 e. The van der Waals surface area contributed by atoms with Crippen molar-refractivity contribution in [1.29, 1.82) is 0 Å². The fourth-order valence-corrected chi connectivity index (χ4v) is 2.05. The van der Waals surface area contributed by atoms with Crippen molar-refractivity contribution < 1.29 is 4.79 Å². The Morgan fingerprint density at radius 1 is 1.17 bits per heavy atom. The van der Waals surface area contributed by atoms with Crippen molar-refractivity contribution in [3.8, 4) is 11.1 Å². The van der Waals surface area contributed by atoms with Crippen LogP contribution in [-0.4, -0.2) is 16.3 Å². The van der Waals surface area contributed by atoms with Crippen molar-refractivity contribution in [2.45, 2.75) is 0 Å². The van der Waals surface area contributed by atoms with E-state index in [1.165, 1.54) is 0 Å². The summed E-state index contributed by atoms with van der Waals surface area (Å²) in [5, 5.41) is 1.53. The number of H-pyrrole nitrogens is 1. The normalized spacial score (nSPS) is 10.7. The highest BCUT2D eigenvalue weighted by molar-refractivity contribution is 6.30. The average Bonchev–Trinajstić information content (AvgIpc) is 2.81. The van der Waals surface area contributed by atoms with Crippen LogP contribution in [0.4, 0.5) is 0 Å². The van der Waals surface area contributed by atoms with Gasteiger partial charge in [0.15, 0.2) is 6.29 Å². The SMILES string of the molecule is O=Cc1c[nH]c2ncc(-c3ccc(Cl)cc3)cc12. The van der Waals surface area contributed by atoms with Gasteiger partial charge in [-0.3, -0.25) is 4.79 Å². The Balaban J connectivity index is 2.17. The van der Waals surface area contributed by atoms with Gasteiger partial charge in [-0.05, 0) is 23.8 Å². The molecule has 88 valence electrons. The van der Waals surface area contributed by atoms with Crippen LogP contribution >= 0.6 is 11.6 Å². The van der Waals surface area contributed by atoms with Gasteiger partial charge in [-0.1, -0.05) is 23.7 Å². The first-order valence-electron chi connectivity index (χ1n) is 5.46. The first-order valence-corrected chi connectivity index (χ1v) is 5.84. The standard InChI is InChI=1S/C14H9ClN2O/c15-12-3-1-9(2-4-12)10-5-13-11(8-18)7-17-14(13)16-6-10/h1-8H,(H,16,17). The highest BCUT2D eigenvalue weighted by atomic mass is 35.5. The number of hydrogen-bond donors (Lipinski definition) is 1. The number of benzene rings is 1. The predicted molar refractivity (Wildman–Crippen MR) is 71.9 cm³/mol. The molecule has 0 saturated carbocycles. The van der Waals surface area contributed by atoms with Crippen LogP contribution in [0, 0.1) is 0 Å². The Morgan fingerprint density at radius 3 is 2.67 bits per heavy atom. The summed E-state index contributed by atoms with van der Waals surface area (Å²) in [6, 6.07) is 9.47.